The van der Waals surface area contributed by atoms with Gasteiger partial charge >= 0.3 is 30.6 Å². The third-order valence-electron chi connectivity index (χ3n) is 7.17. The maximum Gasteiger partial charge on any atom is 0.422 e. The Kier molecular flexibility index (Phi) is 15.0. The number of nitrogens with zero attached hydrogens (tertiary/aromatic N) is 2. The molecule has 1 fully saturated rings. The Labute approximate surface area is 286 Å². The lowest BCUT2D eigenvalue weighted by atomic mass is 9.89. The first kappa shape index (κ1) is 42.9. The van der Waals surface area contributed by atoms with E-state index in [0.29, 0.717) is 11.1 Å². The third-order valence-corrected chi connectivity index (χ3v) is 7.17. The van der Waals surface area contributed by atoms with Gasteiger partial charge in [-0.2, -0.15) is 39.5 Å². The Bertz CT molecular complexity index is 1420. The molecule has 0 radical (unpaired) electrons. The molecule has 1 aliphatic rings. The molecule has 288 valence electrons. The molecule has 2 atom stereocenters. The number of amides is 4. The lowest BCUT2D eigenvalue weighted by Gasteiger charge is -2.25. The molecule has 0 saturated heterocycles. The zero-order valence-electron chi connectivity index (χ0n) is 27.6. The van der Waals surface area contributed by atoms with E-state index >= 15 is 0 Å². The van der Waals surface area contributed by atoms with E-state index in [9.17, 15) is 59.3 Å². The number of hydrogen-bond donors (Lipinski definition) is 6. The number of hydrogen-bond acceptors (Lipinski definition) is 8. The summed E-state index contributed by atoms with van der Waals surface area (Å²) in [5.41, 5.74) is -1.63. The van der Waals surface area contributed by atoms with Crippen LogP contribution in [0.3, 0.4) is 0 Å². The zero-order valence-corrected chi connectivity index (χ0v) is 27.6. The van der Waals surface area contributed by atoms with Crippen LogP contribution in [-0.2, 0) is 13.1 Å². The van der Waals surface area contributed by atoms with Gasteiger partial charge in [0.2, 0.25) is 11.8 Å². The van der Waals surface area contributed by atoms with Crippen molar-refractivity contribution in [2.75, 3.05) is 26.3 Å². The molecule has 1 saturated carbocycles. The first-order valence-electron chi connectivity index (χ1n) is 15.2. The molecule has 0 aromatic carbocycles. The molecule has 0 spiro atoms. The van der Waals surface area contributed by atoms with Gasteiger partial charge in [-0.3, -0.25) is 0 Å². The predicted octanol–water partition coefficient (Wildman–Crippen LogP) is 4.75. The van der Waals surface area contributed by atoms with Gasteiger partial charge in [0.05, 0.1) is 17.6 Å². The maximum atomic E-state index is 12.8. The average Bonchev–Trinajstić information content (AvgIpc) is 3.85. The number of ether oxygens (including phenoxy) is 2. The normalized spacial score (nSPS) is 15.3. The summed E-state index contributed by atoms with van der Waals surface area (Å²) >= 11 is 0. The second kappa shape index (κ2) is 17.8. The summed E-state index contributed by atoms with van der Waals surface area (Å²) in [7, 11) is 0. The van der Waals surface area contributed by atoms with Crippen LogP contribution in [0.25, 0.3) is 0 Å². The molecule has 51 heavy (non-hydrogen) atoms. The highest BCUT2D eigenvalue weighted by Gasteiger charge is 2.67. The molecule has 0 bridgehead atoms. The molecule has 21 heteroatoms. The van der Waals surface area contributed by atoms with Crippen molar-refractivity contribution < 1.29 is 68.8 Å². The molecule has 4 amide bonds. The van der Waals surface area contributed by atoms with Gasteiger partial charge in [-0.15, -0.1) is 0 Å². The molecule has 2 heterocycles. The largest absolute Gasteiger partial charge is 0.468 e. The summed E-state index contributed by atoms with van der Waals surface area (Å²) < 4.78 is 120. The van der Waals surface area contributed by atoms with E-state index in [-0.39, 0.29) is 49.7 Å². The summed E-state index contributed by atoms with van der Waals surface area (Å²) in [4.78, 5) is 30.6. The Morgan fingerprint density at radius 2 is 1.16 bits per heavy atom. The van der Waals surface area contributed by atoms with Crippen LogP contribution in [0.5, 0.6) is 11.8 Å². The lowest BCUT2D eigenvalue weighted by molar-refractivity contribution is -0.213. The Hall–Kier alpha value is -4.27. The summed E-state index contributed by atoms with van der Waals surface area (Å²) in [5.74, 6) is -0.460. The maximum absolute atomic E-state index is 12.8. The van der Waals surface area contributed by atoms with Crippen LogP contribution in [0.1, 0.15) is 44.7 Å². The van der Waals surface area contributed by atoms with Gasteiger partial charge < -0.3 is 41.0 Å². The van der Waals surface area contributed by atoms with Crippen molar-refractivity contribution >= 4 is 12.1 Å². The number of alkyl halides is 9. The molecule has 2 aromatic rings. The molecular formula is C30H39F9N6O6. The van der Waals surface area contributed by atoms with Gasteiger partial charge in [0.1, 0.15) is 0 Å². The van der Waals surface area contributed by atoms with Crippen molar-refractivity contribution in [3.8, 4) is 11.8 Å². The quantitative estimate of drug-likeness (QED) is 0.160. The fourth-order valence-corrected chi connectivity index (χ4v) is 3.90. The second-order valence-corrected chi connectivity index (χ2v) is 12.5. The number of halogens is 9. The first-order chi connectivity index (χ1) is 23.4. The van der Waals surface area contributed by atoms with E-state index < -0.39 is 68.0 Å². The Morgan fingerprint density at radius 3 is 1.51 bits per heavy atom. The van der Waals surface area contributed by atoms with Crippen molar-refractivity contribution in [3.63, 3.8) is 0 Å². The summed E-state index contributed by atoms with van der Waals surface area (Å²) in [6.45, 7) is 2.05. The van der Waals surface area contributed by atoms with Crippen LogP contribution in [0.2, 0.25) is 0 Å². The van der Waals surface area contributed by atoms with Crippen molar-refractivity contribution in [1.29, 1.82) is 0 Å². The van der Waals surface area contributed by atoms with Crippen molar-refractivity contribution in [2.45, 2.75) is 77.4 Å². The fourth-order valence-electron chi connectivity index (χ4n) is 3.90. The predicted molar refractivity (Wildman–Crippen MR) is 161 cm³/mol. The minimum absolute atomic E-state index is 0.0857. The molecule has 12 nitrogen and oxygen atoms in total. The van der Waals surface area contributed by atoms with Gasteiger partial charge in [-0.05, 0) is 41.5 Å². The highest BCUT2D eigenvalue weighted by atomic mass is 19.4. The van der Waals surface area contributed by atoms with Crippen molar-refractivity contribution in [2.24, 2.45) is 10.8 Å². The van der Waals surface area contributed by atoms with E-state index in [1.54, 1.807) is 6.07 Å². The van der Waals surface area contributed by atoms with Gasteiger partial charge in [0, 0.05) is 50.7 Å². The van der Waals surface area contributed by atoms with E-state index in [1.165, 1.54) is 30.6 Å². The number of urea groups is 2. The molecule has 2 aromatic heterocycles. The van der Waals surface area contributed by atoms with Gasteiger partial charge in [0.15, 0.2) is 13.2 Å². The van der Waals surface area contributed by atoms with Crippen LogP contribution < -0.4 is 30.7 Å². The number of carbonyl (C=O) groups is 2. The number of pyridine rings is 2. The van der Waals surface area contributed by atoms with Gasteiger partial charge in [-0.1, -0.05) is 20.8 Å². The average molecular weight is 751 g/mol. The van der Waals surface area contributed by atoms with Crippen LogP contribution in [0, 0.1) is 10.8 Å². The first-order valence-corrected chi connectivity index (χ1v) is 15.2. The number of aliphatic hydroxyl groups is 2. The molecule has 6 N–H and O–H groups in total. The van der Waals surface area contributed by atoms with E-state index in [0.717, 1.165) is 0 Å². The molecule has 3 rings (SSSR count). The van der Waals surface area contributed by atoms with E-state index in [4.69, 9.17) is 0 Å². The van der Waals surface area contributed by atoms with Crippen LogP contribution in [0.15, 0.2) is 36.7 Å². The highest BCUT2D eigenvalue weighted by molar-refractivity contribution is 5.74. The monoisotopic (exact) mass is 750 g/mol. The minimum Gasteiger partial charge on any atom is -0.468 e. The summed E-state index contributed by atoms with van der Waals surface area (Å²) in [5, 5.41) is 29.0. The van der Waals surface area contributed by atoms with Gasteiger partial charge in [-0.25, -0.2) is 19.6 Å². The zero-order chi connectivity index (χ0) is 38.7. The standard InChI is InChI=1S/C15H17F6N3O3.C15H22F3N3O3/c16-14(17,18)8-27-11-5-9(1-4-22-11)6-23-12(26)24-7-10(25)13(2-3-13)15(19,20)21;1-14(2,3)11(22)8-21-13(23)20-7-10-4-5-19-12(6-10)24-9-15(16,17)18/h1,4-5,10,25H,2-3,6-8H2,(H2,23,24,26);4-6,11,22H,7-9H2,1-3H3,(H2,20,21,23). The summed E-state index contributed by atoms with van der Waals surface area (Å²) in [6.07, 6.45) is -13.9. The SMILES string of the molecule is CC(C)(C)C(O)CNC(=O)NCc1ccnc(OCC(F)(F)F)c1.O=C(NCc1ccnc(OCC(F)(F)F)c1)NCC(O)C1(C(F)(F)F)CC1. The number of carbonyl (C=O) groups excluding carboxylic acids is 2. The molecule has 2 unspecified atom stereocenters. The second-order valence-electron chi connectivity index (χ2n) is 12.5. The van der Waals surface area contributed by atoms with E-state index in [2.05, 4.69) is 40.7 Å². The summed E-state index contributed by atoms with van der Waals surface area (Å²) in [6, 6.07) is 4.14. The Balaban J connectivity index is 0.000000356. The number of nitrogens with one attached hydrogen (secondary N) is 4. The lowest BCUT2D eigenvalue weighted by Crippen LogP contribution is -2.46. The van der Waals surface area contributed by atoms with Crippen molar-refractivity contribution in [3.05, 3.63) is 47.8 Å². The number of aromatic nitrogens is 2. The van der Waals surface area contributed by atoms with Gasteiger partial charge in [0.25, 0.3) is 0 Å². The minimum atomic E-state index is -4.55. The van der Waals surface area contributed by atoms with Crippen LogP contribution in [0.4, 0.5) is 49.1 Å². The molecular weight excluding hydrogens is 711 g/mol. The molecule has 0 aliphatic heterocycles. The number of rotatable bonds is 13. The van der Waals surface area contributed by atoms with Crippen LogP contribution in [-0.4, -0.2) is 89.3 Å². The smallest absolute Gasteiger partial charge is 0.422 e. The van der Waals surface area contributed by atoms with Crippen LogP contribution >= 0.6 is 0 Å². The topological polar surface area (TPSA) is 167 Å². The Morgan fingerprint density at radius 1 is 0.745 bits per heavy atom. The van der Waals surface area contributed by atoms with Crippen molar-refractivity contribution in [1.82, 2.24) is 31.2 Å². The fraction of sp³-hybridized carbons (Fsp3) is 0.600. The number of aliphatic hydroxyl groups excluding tert-OH is 2. The third kappa shape index (κ3) is 16.1. The van der Waals surface area contributed by atoms with E-state index in [1.807, 2.05) is 20.8 Å². The molecule has 1 aliphatic carbocycles. The highest BCUT2D eigenvalue weighted by Crippen LogP contribution is 2.59.